The maximum absolute atomic E-state index is 12.1. The lowest BCUT2D eigenvalue weighted by Gasteiger charge is -2.20. The lowest BCUT2D eigenvalue weighted by atomic mass is 10.2. The number of aliphatic hydroxyl groups is 1. The highest BCUT2D eigenvalue weighted by molar-refractivity contribution is 7.13. The van der Waals surface area contributed by atoms with Crippen molar-refractivity contribution in [2.45, 2.75) is 31.8 Å². The molecule has 2 heterocycles. The molecule has 1 unspecified atom stereocenters. The smallest absolute Gasteiger partial charge is 0.227 e. The van der Waals surface area contributed by atoms with Crippen LogP contribution in [0, 0.1) is 5.92 Å². The van der Waals surface area contributed by atoms with Gasteiger partial charge in [-0.3, -0.25) is 4.79 Å². The Morgan fingerprint density at radius 2 is 2.41 bits per heavy atom. The largest absolute Gasteiger partial charge is 0.391 e. The van der Waals surface area contributed by atoms with Gasteiger partial charge in [-0.05, 0) is 30.2 Å². The molecule has 1 atom stereocenters. The summed E-state index contributed by atoms with van der Waals surface area (Å²) in [6, 6.07) is 3.86. The van der Waals surface area contributed by atoms with Gasteiger partial charge < -0.3 is 14.5 Å². The van der Waals surface area contributed by atoms with Crippen LogP contribution >= 0.6 is 11.3 Å². The second kappa shape index (κ2) is 6.58. The van der Waals surface area contributed by atoms with Crippen molar-refractivity contribution in [1.29, 1.82) is 0 Å². The molecule has 0 saturated heterocycles. The van der Waals surface area contributed by atoms with Crippen molar-refractivity contribution < 1.29 is 14.4 Å². The monoisotopic (exact) mass is 321 g/mol. The summed E-state index contributed by atoms with van der Waals surface area (Å²) in [5, 5.41) is 15.7. The van der Waals surface area contributed by atoms with Gasteiger partial charge >= 0.3 is 0 Å². The average molecular weight is 321 g/mol. The Morgan fingerprint density at radius 1 is 1.59 bits per heavy atom. The number of nitrogens with zero attached hydrogens (tertiary/aromatic N) is 3. The molecule has 0 radical (unpaired) electrons. The quantitative estimate of drug-likeness (QED) is 0.843. The summed E-state index contributed by atoms with van der Waals surface area (Å²) in [7, 11) is 1.72. The first-order valence-electron chi connectivity index (χ1n) is 7.42. The van der Waals surface area contributed by atoms with Gasteiger partial charge in [-0.1, -0.05) is 11.2 Å². The lowest BCUT2D eigenvalue weighted by molar-refractivity contribution is -0.131. The van der Waals surface area contributed by atoms with Crippen molar-refractivity contribution in [2.75, 3.05) is 13.6 Å². The number of aliphatic hydroxyl groups excluding tert-OH is 1. The highest BCUT2D eigenvalue weighted by atomic mass is 32.1. The molecule has 1 aliphatic carbocycles. The van der Waals surface area contributed by atoms with Crippen molar-refractivity contribution >= 4 is 17.2 Å². The van der Waals surface area contributed by atoms with Crippen LogP contribution in [0.3, 0.4) is 0 Å². The second-order valence-electron chi connectivity index (χ2n) is 5.67. The molecule has 1 aliphatic rings. The van der Waals surface area contributed by atoms with Gasteiger partial charge in [0, 0.05) is 26.4 Å². The molecule has 22 heavy (non-hydrogen) atoms. The Labute approximate surface area is 132 Å². The van der Waals surface area contributed by atoms with Crippen LogP contribution in [0.4, 0.5) is 0 Å². The van der Waals surface area contributed by atoms with Gasteiger partial charge in [-0.25, -0.2) is 0 Å². The van der Waals surface area contributed by atoms with Crippen LogP contribution in [-0.2, 0) is 11.2 Å². The van der Waals surface area contributed by atoms with E-state index in [-0.39, 0.29) is 5.91 Å². The van der Waals surface area contributed by atoms with Crippen molar-refractivity contribution in [1.82, 2.24) is 15.0 Å². The molecule has 1 fully saturated rings. The fourth-order valence-corrected chi connectivity index (χ4v) is 2.93. The van der Waals surface area contributed by atoms with E-state index in [1.807, 2.05) is 17.5 Å². The van der Waals surface area contributed by atoms with Crippen LogP contribution in [0.5, 0.6) is 0 Å². The summed E-state index contributed by atoms with van der Waals surface area (Å²) in [6.07, 6.45) is 2.46. The van der Waals surface area contributed by atoms with E-state index >= 15 is 0 Å². The molecular weight excluding hydrogens is 302 g/mol. The van der Waals surface area contributed by atoms with Crippen LogP contribution in [0.2, 0.25) is 0 Å². The summed E-state index contributed by atoms with van der Waals surface area (Å²) in [5.41, 5.74) is 0. The minimum atomic E-state index is -0.400. The van der Waals surface area contributed by atoms with Gasteiger partial charge in [0.25, 0.3) is 0 Å². The molecule has 1 amide bonds. The molecule has 2 aromatic heterocycles. The second-order valence-corrected chi connectivity index (χ2v) is 6.62. The molecule has 1 N–H and O–H groups in total. The van der Waals surface area contributed by atoms with Crippen LogP contribution in [0.1, 0.15) is 25.2 Å². The molecule has 0 aliphatic heterocycles. The van der Waals surface area contributed by atoms with E-state index in [9.17, 15) is 9.90 Å². The maximum Gasteiger partial charge on any atom is 0.227 e. The zero-order valence-corrected chi connectivity index (χ0v) is 13.3. The Kier molecular flexibility index (Phi) is 4.54. The minimum Gasteiger partial charge on any atom is -0.391 e. The number of rotatable bonds is 7. The first kappa shape index (κ1) is 15.2. The number of thiophene rings is 1. The normalized spacial score (nSPS) is 15.7. The highest BCUT2D eigenvalue weighted by Crippen LogP contribution is 2.32. The predicted octanol–water partition coefficient (Wildman–Crippen LogP) is 1.96. The number of hydrogen-bond donors (Lipinski definition) is 1. The highest BCUT2D eigenvalue weighted by Gasteiger charge is 2.31. The summed E-state index contributed by atoms with van der Waals surface area (Å²) >= 11 is 1.55. The van der Waals surface area contributed by atoms with Crippen LogP contribution < -0.4 is 0 Å². The van der Waals surface area contributed by atoms with Crippen molar-refractivity contribution in [2.24, 2.45) is 5.92 Å². The first-order valence-corrected chi connectivity index (χ1v) is 8.30. The molecule has 7 heteroatoms. The maximum atomic E-state index is 12.1. The van der Waals surface area contributed by atoms with Crippen LogP contribution in [0.25, 0.3) is 10.7 Å². The summed E-state index contributed by atoms with van der Waals surface area (Å²) in [5.74, 6) is 1.39. The summed E-state index contributed by atoms with van der Waals surface area (Å²) < 4.78 is 5.17. The molecule has 1 saturated carbocycles. The lowest BCUT2D eigenvalue weighted by Crippen LogP contribution is -2.35. The molecule has 0 aromatic carbocycles. The van der Waals surface area contributed by atoms with Gasteiger partial charge in [0.05, 0.1) is 11.0 Å². The van der Waals surface area contributed by atoms with E-state index in [0.717, 1.165) is 17.7 Å². The van der Waals surface area contributed by atoms with Gasteiger partial charge in [-0.2, -0.15) is 4.98 Å². The van der Waals surface area contributed by atoms with E-state index < -0.39 is 6.10 Å². The third-order valence-corrected chi connectivity index (χ3v) is 4.68. The topological polar surface area (TPSA) is 79.5 Å². The van der Waals surface area contributed by atoms with E-state index in [2.05, 4.69) is 10.1 Å². The molecule has 0 bridgehead atoms. The number of aromatic nitrogens is 2. The number of carbonyl (C=O) groups is 1. The zero-order chi connectivity index (χ0) is 15.5. The zero-order valence-electron chi connectivity index (χ0n) is 12.4. The third-order valence-electron chi connectivity index (χ3n) is 3.82. The van der Waals surface area contributed by atoms with Crippen LogP contribution in [-0.4, -0.2) is 45.8 Å². The number of hydrogen-bond acceptors (Lipinski definition) is 6. The standard InChI is InChI=1S/C15H19N3O3S/c1-18(9-11(19)10-4-5-10)14(20)7-6-13-16-15(17-21-13)12-3-2-8-22-12/h2-3,8,10-11,19H,4-7,9H2,1H3. The SMILES string of the molecule is CN(CC(O)C1CC1)C(=O)CCc1nc(-c2cccs2)no1. The summed E-state index contributed by atoms with van der Waals surface area (Å²) in [4.78, 5) is 18.9. The fraction of sp³-hybridized carbons (Fsp3) is 0.533. The first-order chi connectivity index (χ1) is 10.6. The Morgan fingerprint density at radius 3 is 3.09 bits per heavy atom. The van der Waals surface area contributed by atoms with Gasteiger partial charge in [0.1, 0.15) is 0 Å². The Hall–Kier alpha value is -1.73. The van der Waals surface area contributed by atoms with E-state index in [1.165, 1.54) is 0 Å². The van der Waals surface area contributed by atoms with Gasteiger partial charge in [-0.15, -0.1) is 11.3 Å². The Bertz CT molecular complexity index is 622. The summed E-state index contributed by atoms with van der Waals surface area (Å²) in [6.45, 7) is 0.397. The van der Waals surface area contributed by atoms with Gasteiger partial charge in [0.2, 0.25) is 17.6 Å². The number of carbonyl (C=O) groups excluding carboxylic acids is 1. The molecular formula is C15H19N3O3S. The number of likely N-dealkylation sites (N-methyl/N-ethyl adjacent to an activating group) is 1. The van der Waals surface area contributed by atoms with Crippen LogP contribution in [0.15, 0.2) is 22.0 Å². The third kappa shape index (κ3) is 3.72. The predicted molar refractivity (Wildman–Crippen MR) is 82.3 cm³/mol. The molecule has 3 rings (SSSR count). The van der Waals surface area contributed by atoms with Crippen molar-refractivity contribution in [3.8, 4) is 10.7 Å². The molecule has 6 nitrogen and oxygen atoms in total. The Balaban J connectivity index is 1.48. The molecule has 118 valence electrons. The van der Waals surface area contributed by atoms with Crippen molar-refractivity contribution in [3.63, 3.8) is 0 Å². The minimum absolute atomic E-state index is 0.0180. The van der Waals surface area contributed by atoms with E-state index in [4.69, 9.17) is 4.52 Å². The van der Waals surface area contributed by atoms with Crippen molar-refractivity contribution in [3.05, 3.63) is 23.4 Å². The van der Waals surface area contributed by atoms with E-state index in [0.29, 0.717) is 37.0 Å². The molecule has 0 spiro atoms. The fourth-order valence-electron chi connectivity index (χ4n) is 2.28. The van der Waals surface area contributed by atoms with Gasteiger partial charge in [0.15, 0.2) is 0 Å². The average Bonchev–Trinajstić information content (AvgIpc) is 3.02. The number of aryl methyl sites for hydroxylation is 1. The molecule has 2 aromatic rings. The number of amides is 1. The van der Waals surface area contributed by atoms with E-state index in [1.54, 1.807) is 23.3 Å².